The molecule has 2 aromatic carbocycles. The van der Waals surface area contributed by atoms with E-state index < -0.39 is 5.91 Å². The summed E-state index contributed by atoms with van der Waals surface area (Å²) in [6.45, 7) is 1.52. The van der Waals surface area contributed by atoms with E-state index in [1.54, 1.807) is 25.1 Å². The number of aromatic amines is 1. The summed E-state index contributed by atoms with van der Waals surface area (Å²) in [6, 6.07) is 14.1. The lowest BCUT2D eigenvalue weighted by Gasteiger charge is -2.07. The van der Waals surface area contributed by atoms with Crippen molar-refractivity contribution in [2.75, 3.05) is 6.61 Å². The molecule has 3 rings (SSSR count). The van der Waals surface area contributed by atoms with Crippen LogP contribution < -0.4 is 15.7 Å². The van der Waals surface area contributed by atoms with Gasteiger partial charge in [0.2, 0.25) is 0 Å². The normalized spacial score (nSPS) is 10.6. The molecular weight excluding hydrogens is 483 g/mol. The zero-order valence-corrected chi connectivity index (χ0v) is 18.3. The molecule has 0 bridgehead atoms. The Hall–Kier alpha value is -2.55. The van der Waals surface area contributed by atoms with Crippen molar-refractivity contribution < 1.29 is 9.53 Å². The van der Waals surface area contributed by atoms with Crippen molar-refractivity contribution in [1.82, 2.24) is 15.2 Å². The lowest BCUT2D eigenvalue weighted by molar-refractivity contribution is -0.123. The summed E-state index contributed by atoms with van der Waals surface area (Å²) < 4.78 is 7.46. The van der Waals surface area contributed by atoms with Crippen LogP contribution in [0.25, 0.3) is 5.69 Å². The van der Waals surface area contributed by atoms with Gasteiger partial charge in [-0.25, -0.2) is 10.1 Å². The molecule has 3 aromatic rings. The van der Waals surface area contributed by atoms with Crippen LogP contribution in [0.5, 0.6) is 5.75 Å². The smallest absolute Gasteiger partial charge is 0.280 e. The van der Waals surface area contributed by atoms with Gasteiger partial charge in [0.1, 0.15) is 5.75 Å². The fourth-order valence-corrected chi connectivity index (χ4v) is 3.20. The Morgan fingerprint density at radius 1 is 1.31 bits per heavy atom. The number of halogens is 3. The zero-order valence-electron chi connectivity index (χ0n) is 15.2. The van der Waals surface area contributed by atoms with E-state index in [9.17, 15) is 9.59 Å². The lowest BCUT2D eigenvalue weighted by atomic mass is 10.3. The standard InChI is InChI=1S/C19H16BrClN4O3.ClH/c1-12-15(19(27)25(24-12)14-5-3-2-4-6-14)10-22-23-18(26)11-28-17-8-7-13(21)9-16(17)20;/h2-10,24H,11H2,1H3,(H,23,26);1H. The van der Waals surface area contributed by atoms with Gasteiger partial charge < -0.3 is 4.74 Å². The van der Waals surface area contributed by atoms with Crippen molar-refractivity contribution in [2.24, 2.45) is 5.10 Å². The first-order valence-corrected chi connectivity index (χ1v) is 9.39. The summed E-state index contributed by atoms with van der Waals surface area (Å²) >= 11 is 9.17. The summed E-state index contributed by atoms with van der Waals surface area (Å²) in [5.41, 5.74) is 3.77. The van der Waals surface area contributed by atoms with Gasteiger partial charge in [0.25, 0.3) is 11.5 Å². The number of hydrogen-bond acceptors (Lipinski definition) is 4. The van der Waals surface area contributed by atoms with Crippen LogP contribution >= 0.6 is 39.9 Å². The Labute approximate surface area is 186 Å². The Morgan fingerprint density at radius 2 is 2.03 bits per heavy atom. The number of nitrogens with zero attached hydrogens (tertiary/aromatic N) is 2. The van der Waals surface area contributed by atoms with Crippen molar-refractivity contribution in [2.45, 2.75) is 6.92 Å². The van der Waals surface area contributed by atoms with Crippen LogP contribution in [0.3, 0.4) is 0 Å². The predicted octanol–water partition coefficient (Wildman–Crippen LogP) is 3.84. The number of aryl methyl sites for hydroxylation is 1. The largest absolute Gasteiger partial charge is 0.483 e. The van der Waals surface area contributed by atoms with E-state index >= 15 is 0 Å². The number of ether oxygens (including phenoxy) is 1. The van der Waals surface area contributed by atoms with E-state index in [0.717, 1.165) is 0 Å². The fourth-order valence-electron chi connectivity index (χ4n) is 2.41. The van der Waals surface area contributed by atoms with Crippen molar-refractivity contribution in [3.8, 4) is 11.4 Å². The van der Waals surface area contributed by atoms with Crippen LogP contribution in [0.2, 0.25) is 5.02 Å². The van der Waals surface area contributed by atoms with E-state index in [4.69, 9.17) is 16.3 Å². The first-order valence-electron chi connectivity index (χ1n) is 8.22. The van der Waals surface area contributed by atoms with Gasteiger partial charge in [-0.1, -0.05) is 29.8 Å². The molecular formula is C19H17BrCl2N4O3. The minimum absolute atomic E-state index is 0. The van der Waals surface area contributed by atoms with E-state index in [2.05, 4.69) is 31.6 Å². The molecule has 1 heterocycles. The zero-order chi connectivity index (χ0) is 20.1. The second-order valence-corrected chi connectivity index (χ2v) is 7.07. The number of benzene rings is 2. The number of amides is 1. The van der Waals surface area contributed by atoms with Gasteiger partial charge in [-0.2, -0.15) is 5.10 Å². The Bertz CT molecular complexity index is 1080. The Morgan fingerprint density at radius 3 is 2.72 bits per heavy atom. The molecule has 0 saturated heterocycles. The number of carbonyl (C=O) groups excluding carboxylic acids is 1. The average molecular weight is 500 g/mol. The molecule has 0 atom stereocenters. The molecule has 0 aliphatic carbocycles. The van der Waals surface area contributed by atoms with Gasteiger partial charge in [-0.3, -0.25) is 14.7 Å². The molecule has 0 spiro atoms. The number of hydrazone groups is 1. The van der Waals surface area contributed by atoms with Gasteiger partial charge in [-0.05, 0) is 53.2 Å². The second-order valence-electron chi connectivity index (χ2n) is 5.78. The van der Waals surface area contributed by atoms with Crippen LogP contribution in [0, 0.1) is 6.92 Å². The topological polar surface area (TPSA) is 88.5 Å². The molecule has 7 nitrogen and oxygen atoms in total. The van der Waals surface area contributed by atoms with Crippen LogP contribution in [0.1, 0.15) is 11.3 Å². The maximum atomic E-state index is 12.5. The van der Waals surface area contributed by atoms with E-state index in [1.165, 1.54) is 10.9 Å². The first kappa shape index (κ1) is 22.7. The van der Waals surface area contributed by atoms with Crippen molar-refractivity contribution in [1.29, 1.82) is 0 Å². The molecule has 10 heteroatoms. The van der Waals surface area contributed by atoms with Crippen LogP contribution in [0.4, 0.5) is 0 Å². The van der Waals surface area contributed by atoms with Crippen LogP contribution in [-0.2, 0) is 4.79 Å². The van der Waals surface area contributed by atoms with Gasteiger partial charge in [-0.15, -0.1) is 12.4 Å². The molecule has 0 aliphatic heterocycles. The molecule has 0 unspecified atom stereocenters. The quantitative estimate of drug-likeness (QED) is 0.399. The fraction of sp³-hybridized carbons (Fsp3) is 0.105. The second kappa shape index (κ2) is 10.3. The SMILES string of the molecule is Cc1[nH]n(-c2ccccc2)c(=O)c1C=NNC(=O)COc1ccc(Cl)cc1Br.Cl. The maximum absolute atomic E-state index is 12.5. The summed E-state index contributed by atoms with van der Waals surface area (Å²) in [6.07, 6.45) is 1.31. The monoisotopic (exact) mass is 498 g/mol. The minimum atomic E-state index is -0.463. The summed E-state index contributed by atoms with van der Waals surface area (Å²) in [4.78, 5) is 24.4. The summed E-state index contributed by atoms with van der Waals surface area (Å²) in [7, 11) is 0. The number of aromatic nitrogens is 2. The molecule has 1 aromatic heterocycles. The predicted molar refractivity (Wildman–Crippen MR) is 119 cm³/mol. The first-order chi connectivity index (χ1) is 13.5. The number of H-pyrrole nitrogens is 1. The van der Waals surface area contributed by atoms with Gasteiger partial charge in [0, 0.05) is 10.7 Å². The van der Waals surface area contributed by atoms with Gasteiger partial charge in [0.15, 0.2) is 6.61 Å². The third-order valence-electron chi connectivity index (χ3n) is 3.77. The van der Waals surface area contributed by atoms with Crippen molar-refractivity contribution in [3.05, 3.63) is 79.6 Å². The third-order valence-corrected chi connectivity index (χ3v) is 4.62. The molecule has 29 heavy (non-hydrogen) atoms. The molecule has 0 fully saturated rings. The number of para-hydroxylation sites is 1. The number of hydrogen-bond donors (Lipinski definition) is 2. The van der Waals surface area contributed by atoms with Crippen molar-refractivity contribution >= 4 is 52.1 Å². The number of nitrogens with one attached hydrogen (secondary N) is 2. The van der Waals surface area contributed by atoms with Crippen LogP contribution in [-0.4, -0.2) is 28.5 Å². The molecule has 0 aliphatic rings. The Balaban J connectivity index is 0.00000300. The highest BCUT2D eigenvalue weighted by molar-refractivity contribution is 9.10. The highest BCUT2D eigenvalue weighted by atomic mass is 79.9. The maximum Gasteiger partial charge on any atom is 0.280 e. The van der Waals surface area contributed by atoms with E-state index in [-0.39, 0.29) is 24.6 Å². The highest BCUT2D eigenvalue weighted by Crippen LogP contribution is 2.27. The number of carbonyl (C=O) groups is 1. The van der Waals surface area contributed by atoms with Crippen molar-refractivity contribution in [3.63, 3.8) is 0 Å². The third kappa shape index (κ3) is 5.72. The molecule has 2 N–H and O–H groups in total. The average Bonchev–Trinajstić information content (AvgIpc) is 2.96. The van der Waals surface area contributed by atoms with Gasteiger partial charge >= 0.3 is 0 Å². The molecule has 0 radical (unpaired) electrons. The lowest BCUT2D eigenvalue weighted by Crippen LogP contribution is -2.25. The summed E-state index contributed by atoms with van der Waals surface area (Å²) in [5.74, 6) is 0.0189. The summed E-state index contributed by atoms with van der Waals surface area (Å²) in [5, 5.41) is 7.38. The molecule has 152 valence electrons. The molecule has 1 amide bonds. The van der Waals surface area contributed by atoms with E-state index in [0.29, 0.717) is 32.2 Å². The highest BCUT2D eigenvalue weighted by Gasteiger charge is 2.11. The van der Waals surface area contributed by atoms with E-state index in [1.807, 2.05) is 30.3 Å². The van der Waals surface area contributed by atoms with Gasteiger partial charge in [0.05, 0.1) is 21.9 Å². The molecule has 0 saturated carbocycles. The Kier molecular flexibility index (Phi) is 8.07. The number of rotatable bonds is 6. The van der Waals surface area contributed by atoms with Crippen LogP contribution in [0.15, 0.2) is 62.9 Å². The minimum Gasteiger partial charge on any atom is -0.483 e.